The minimum Gasteiger partial charge on any atom is -0.370 e. The van der Waals surface area contributed by atoms with E-state index in [0.29, 0.717) is 29.2 Å². The zero-order valence-electron chi connectivity index (χ0n) is 15.8. The Kier molecular flexibility index (Phi) is 3.52. The molecule has 0 radical (unpaired) electrons. The number of nitrogens with zero attached hydrogens (tertiary/aromatic N) is 1. The molecule has 0 saturated heterocycles. The van der Waals surface area contributed by atoms with Gasteiger partial charge in [-0.15, -0.1) is 0 Å². The highest BCUT2D eigenvalue weighted by Gasteiger charge is 2.43. The molecule has 6 rings (SSSR count). The van der Waals surface area contributed by atoms with Crippen molar-refractivity contribution >= 4 is 17.3 Å². The number of allylic oxidation sites excluding steroid dienone is 4. The first-order valence-electron chi connectivity index (χ1n) is 10.4. The first kappa shape index (κ1) is 16.2. The van der Waals surface area contributed by atoms with Crippen molar-refractivity contribution in [3.63, 3.8) is 0 Å². The van der Waals surface area contributed by atoms with Gasteiger partial charge in [0.2, 0.25) is 0 Å². The summed E-state index contributed by atoms with van der Waals surface area (Å²) in [5, 5.41) is 3.24. The van der Waals surface area contributed by atoms with Crippen molar-refractivity contribution in [2.75, 3.05) is 23.3 Å². The molecule has 2 aliphatic heterocycles. The lowest BCUT2D eigenvalue weighted by Gasteiger charge is -2.46. The Morgan fingerprint density at radius 2 is 1.61 bits per heavy atom. The van der Waals surface area contributed by atoms with E-state index in [2.05, 4.69) is 46.7 Å². The molecule has 0 bridgehead atoms. The number of carbonyl (C=O) groups is 1. The second kappa shape index (κ2) is 6.10. The fourth-order valence-electron chi connectivity index (χ4n) is 5.77. The van der Waals surface area contributed by atoms with Crippen LogP contribution in [0, 0.1) is 11.8 Å². The second-order valence-electron chi connectivity index (χ2n) is 8.59. The molecule has 2 heterocycles. The lowest BCUT2D eigenvalue weighted by atomic mass is 9.74. The molecular weight excluding hydrogens is 344 g/mol. The van der Waals surface area contributed by atoms with Gasteiger partial charge in [0.25, 0.3) is 5.91 Å². The Balaban J connectivity index is 1.47. The number of hydrogen-bond donors (Lipinski definition) is 1. The van der Waals surface area contributed by atoms with Crippen LogP contribution in [0.1, 0.15) is 46.2 Å². The number of hydrogen-bond acceptors (Lipinski definition) is 2. The maximum atomic E-state index is 12.9. The third kappa shape index (κ3) is 2.32. The van der Waals surface area contributed by atoms with E-state index in [4.69, 9.17) is 0 Å². The van der Waals surface area contributed by atoms with Crippen LogP contribution in [-0.4, -0.2) is 19.0 Å². The minimum atomic E-state index is -0.0260. The van der Waals surface area contributed by atoms with E-state index in [1.807, 2.05) is 30.3 Å². The Morgan fingerprint density at radius 1 is 0.893 bits per heavy atom. The van der Waals surface area contributed by atoms with Crippen LogP contribution in [0.15, 0.2) is 66.8 Å². The van der Waals surface area contributed by atoms with Gasteiger partial charge in [-0.2, -0.15) is 0 Å². The molecule has 4 atom stereocenters. The van der Waals surface area contributed by atoms with E-state index >= 15 is 0 Å². The summed E-state index contributed by atoms with van der Waals surface area (Å²) in [5.74, 6) is 2.25. The van der Waals surface area contributed by atoms with E-state index < -0.39 is 0 Å². The highest BCUT2D eigenvalue weighted by Crippen LogP contribution is 2.54. The summed E-state index contributed by atoms with van der Waals surface area (Å²) < 4.78 is 0. The van der Waals surface area contributed by atoms with Gasteiger partial charge in [-0.3, -0.25) is 4.79 Å². The number of benzene rings is 2. The minimum absolute atomic E-state index is 0.0260. The van der Waals surface area contributed by atoms with Crippen LogP contribution in [-0.2, 0) is 0 Å². The first-order valence-corrected chi connectivity index (χ1v) is 10.4. The van der Waals surface area contributed by atoms with Crippen molar-refractivity contribution in [3.05, 3.63) is 83.5 Å². The molecule has 0 spiro atoms. The quantitative estimate of drug-likeness (QED) is 0.749. The van der Waals surface area contributed by atoms with Gasteiger partial charge in [0, 0.05) is 47.4 Å². The van der Waals surface area contributed by atoms with Gasteiger partial charge >= 0.3 is 0 Å². The Hall–Kier alpha value is -2.81. The summed E-state index contributed by atoms with van der Waals surface area (Å²) in [5.41, 5.74) is 5.88. The van der Waals surface area contributed by atoms with Gasteiger partial charge in [-0.05, 0) is 48.4 Å². The van der Waals surface area contributed by atoms with Crippen molar-refractivity contribution in [2.24, 2.45) is 11.8 Å². The maximum Gasteiger partial charge on any atom is 0.255 e. The summed E-state index contributed by atoms with van der Waals surface area (Å²) in [7, 11) is 0. The lowest BCUT2D eigenvalue weighted by Crippen LogP contribution is -2.44. The summed E-state index contributed by atoms with van der Waals surface area (Å²) in [4.78, 5) is 15.5. The zero-order chi connectivity index (χ0) is 18.7. The smallest absolute Gasteiger partial charge is 0.255 e. The van der Waals surface area contributed by atoms with Crippen molar-refractivity contribution < 1.29 is 4.79 Å². The topological polar surface area (TPSA) is 32.3 Å². The van der Waals surface area contributed by atoms with E-state index in [1.165, 1.54) is 23.2 Å². The van der Waals surface area contributed by atoms with E-state index in [-0.39, 0.29) is 5.91 Å². The Bertz CT molecular complexity index is 1000. The highest BCUT2D eigenvalue weighted by atomic mass is 16.1. The van der Waals surface area contributed by atoms with Gasteiger partial charge in [-0.1, -0.05) is 48.6 Å². The average Bonchev–Trinajstić information content (AvgIpc) is 3.39. The van der Waals surface area contributed by atoms with Gasteiger partial charge in [0.15, 0.2) is 0 Å². The molecule has 2 aromatic carbocycles. The molecule has 4 aliphatic rings. The van der Waals surface area contributed by atoms with Crippen LogP contribution in [0.25, 0.3) is 0 Å². The summed E-state index contributed by atoms with van der Waals surface area (Å²) in [6.07, 6.45) is 11.8. The van der Waals surface area contributed by atoms with Crippen molar-refractivity contribution in [1.29, 1.82) is 0 Å². The number of carbonyl (C=O) groups excluding carboxylic acids is 1. The zero-order valence-corrected chi connectivity index (χ0v) is 15.8. The third-order valence-corrected chi connectivity index (χ3v) is 7.03. The van der Waals surface area contributed by atoms with Gasteiger partial charge < -0.3 is 10.2 Å². The molecule has 0 saturated carbocycles. The summed E-state index contributed by atoms with van der Waals surface area (Å²) in [6, 6.07) is 13.9. The van der Waals surface area contributed by atoms with Gasteiger partial charge in [0.05, 0.1) is 0 Å². The molecule has 0 unspecified atom stereocenters. The number of anilines is 2. The van der Waals surface area contributed by atoms with E-state index in [1.54, 1.807) is 0 Å². The number of nitrogens with one attached hydrogen (secondary N) is 1. The molecule has 2 aliphatic carbocycles. The molecule has 28 heavy (non-hydrogen) atoms. The standard InChI is InChI=1S/C25H24N2O/c28-25(16-6-2-1-3-7-16)26-22-13-12-21-19-10-4-8-17(19)14-27-15-18-9-5-11-20(18)23(22)24(21)27/h1-7,10-13,17-20H,8-9,14-15H2,(H,26,28)/t17-,18-,19-,20-/m1/s1. The monoisotopic (exact) mass is 368 g/mol. The fraction of sp³-hybridized carbons (Fsp3) is 0.320. The predicted octanol–water partition coefficient (Wildman–Crippen LogP) is 5.09. The first-order chi connectivity index (χ1) is 13.8. The molecule has 0 aromatic heterocycles. The highest BCUT2D eigenvalue weighted by molar-refractivity contribution is 6.05. The number of amides is 1. The molecule has 3 heteroatoms. The Labute approximate surface area is 165 Å². The SMILES string of the molecule is O=C(Nc1ccc2c3c1[C@@H]1C=CC[C@@H]1CN3C[C@H]1CC=C[C@@H]21)c1ccccc1. The average molecular weight is 368 g/mol. The molecule has 0 fully saturated rings. The van der Waals surface area contributed by atoms with Crippen molar-refractivity contribution in [1.82, 2.24) is 0 Å². The van der Waals surface area contributed by atoms with Crippen LogP contribution in [0.3, 0.4) is 0 Å². The fourth-order valence-corrected chi connectivity index (χ4v) is 5.77. The van der Waals surface area contributed by atoms with Crippen LogP contribution in [0.4, 0.5) is 11.4 Å². The van der Waals surface area contributed by atoms with Crippen LogP contribution < -0.4 is 10.2 Å². The maximum absolute atomic E-state index is 12.9. The largest absolute Gasteiger partial charge is 0.370 e. The summed E-state index contributed by atoms with van der Waals surface area (Å²) >= 11 is 0. The van der Waals surface area contributed by atoms with Crippen LogP contribution in [0.5, 0.6) is 0 Å². The van der Waals surface area contributed by atoms with Gasteiger partial charge in [0.1, 0.15) is 0 Å². The molecule has 1 amide bonds. The second-order valence-corrected chi connectivity index (χ2v) is 8.59. The van der Waals surface area contributed by atoms with Gasteiger partial charge in [-0.25, -0.2) is 0 Å². The van der Waals surface area contributed by atoms with E-state index in [9.17, 15) is 4.79 Å². The predicted molar refractivity (Wildman–Crippen MR) is 113 cm³/mol. The van der Waals surface area contributed by atoms with Crippen molar-refractivity contribution in [3.8, 4) is 0 Å². The molecule has 1 N–H and O–H groups in total. The van der Waals surface area contributed by atoms with Crippen LogP contribution >= 0.6 is 0 Å². The molecule has 140 valence electrons. The summed E-state index contributed by atoms with van der Waals surface area (Å²) in [6.45, 7) is 2.27. The Morgan fingerprint density at radius 3 is 2.39 bits per heavy atom. The lowest BCUT2D eigenvalue weighted by molar-refractivity contribution is 0.102. The van der Waals surface area contributed by atoms with Crippen LogP contribution in [0.2, 0.25) is 0 Å². The normalized spacial score (nSPS) is 28.6. The number of rotatable bonds is 2. The number of fused-ring (bicyclic) bond motifs is 4. The molecule has 2 aromatic rings. The molecular formula is C25H24N2O. The molecule has 3 nitrogen and oxygen atoms in total. The van der Waals surface area contributed by atoms with E-state index in [0.717, 1.165) is 25.2 Å². The van der Waals surface area contributed by atoms with Crippen molar-refractivity contribution in [2.45, 2.75) is 24.7 Å². The third-order valence-electron chi connectivity index (χ3n) is 7.03.